The van der Waals surface area contributed by atoms with E-state index in [2.05, 4.69) is 9.72 Å². The fourth-order valence-electron chi connectivity index (χ4n) is 1.39. The molecule has 0 bridgehead atoms. The maximum Gasteiger partial charge on any atom is 0.367 e. The first-order valence-electron chi connectivity index (χ1n) is 5.52. The van der Waals surface area contributed by atoms with Crippen molar-refractivity contribution in [2.45, 2.75) is 10.8 Å². The Morgan fingerprint density at radius 2 is 2.05 bits per heavy atom. The van der Waals surface area contributed by atoms with Crippen LogP contribution in [0.5, 0.6) is 5.75 Å². The zero-order valence-electron chi connectivity index (χ0n) is 10.6. The second kappa shape index (κ2) is 6.58. The highest BCUT2D eigenvalue weighted by Gasteiger charge is 2.11. The van der Waals surface area contributed by atoms with Gasteiger partial charge in [0.05, 0.1) is 14.2 Å². The molecular weight excluding hydrogens is 282 g/mol. The van der Waals surface area contributed by atoms with Gasteiger partial charge in [-0.25, -0.2) is 9.78 Å². The van der Waals surface area contributed by atoms with Gasteiger partial charge in [-0.3, -0.25) is 0 Å². The van der Waals surface area contributed by atoms with Gasteiger partial charge >= 0.3 is 5.97 Å². The average molecular weight is 295 g/mol. The van der Waals surface area contributed by atoms with Gasteiger partial charge in [-0.15, -0.1) is 23.1 Å². The van der Waals surface area contributed by atoms with Crippen LogP contribution in [0.2, 0.25) is 0 Å². The van der Waals surface area contributed by atoms with E-state index in [1.165, 1.54) is 24.0 Å². The third-order valence-electron chi connectivity index (χ3n) is 2.39. The minimum atomic E-state index is -0.388. The maximum atomic E-state index is 11.3. The SMILES string of the molecule is COC(=O)c1nc(SCc2ccc(OC)cc2)cs1. The Bertz CT molecular complexity index is 551. The number of methoxy groups -OCH3 is 2. The molecule has 0 fully saturated rings. The highest BCUT2D eigenvalue weighted by atomic mass is 32.2. The Morgan fingerprint density at radius 3 is 2.68 bits per heavy atom. The maximum absolute atomic E-state index is 11.3. The summed E-state index contributed by atoms with van der Waals surface area (Å²) in [6.07, 6.45) is 0. The number of benzene rings is 1. The number of thiazole rings is 1. The Balaban J connectivity index is 1.94. The van der Waals surface area contributed by atoms with Crippen molar-refractivity contribution in [1.82, 2.24) is 4.98 Å². The van der Waals surface area contributed by atoms with Crippen molar-refractivity contribution in [2.24, 2.45) is 0 Å². The lowest BCUT2D eigenvalue weighted by Gasteiger charge is -2.02. The molecule has 19 heavy (non-hydrogen) atoms. The second-order valence-corrected chi connectivity index (χ2v) is 5.47. The largest absolute Gasteiger partial charge is 0.497 e. The van der Waals surface area contributed by atoms with Crippen molar-refractivity contribution in [3.05, 3.63) is 40.2 Å². The van der Waals surface area contributed by atoms with Crippen LogP contribution in [0.15, 0.2) is 34.7 Å². The molecule has 0 amide bonds. The van der Waals surface area contributed by atoms with Crippen LogP contribution in [0, 0.1) is 0 Å². The number of carbonyl (C=O) groups excluding carboxylic acids is 1. The van der Waals surface area contributed by atoms with E-state index in [1.807, 2.05) is 29.6 Å². The molecule has 1 aromatic heterocycles. The van der Waals surface area contributed by atoms with Gasteiger partial charge < -0.3 is 9.47 Å². The van der Waals surface area contributed by atoms with Crippen LogP contribution >= 0.6 is 23.1 Å². The summed E-state index contributed by atoms with van der Waals surface area (Å²) >= 11 is 2.88. The molecule has 6 heteroatoms. The summed E-state index contributed by atoms with van der Waals surface area (Å²) in [5.74, 6) is 1.26. The van der Waals surface area contributed by atoms with Crippen LogP contribution in [0.1, 0.15) is 15.4 Å². The molecule has 0 aliphatic carbocycles. The van der Waals surface area contributed by atoms with E-state index in [-0.39, 0.29) is 5.97 Å². The van der Waals surface area contributed by atoms with Crippen LogP contribution < -0.4 is 4.74 Å². The molecular formula is C13H13NO3S2. The van der Waals surface area contributed by atoms with Gasteiger partial charge in [0.15, 0.2) is 0 Å². The number of nitrogens with zero attached hydrogens (tertiary/aromatic N) is 1. The van der Waals surface area contributed by atoms with Crippen molar-refractivity contribution in [3.63, 3.8) is 0 Å². The first kappa shape index (κ1) is 13.9. The monoisotopic (exact) mass is 295 g/mol. The van der Waals surface area contributed by atoms with Crippen molar-refractivity contribution < 1.29 is 14.3 Å². The summed E-state index contributed by atoms with van der Waals surface area (Å²) in [5.41, 5.74) is 1.18. The first-order valence-corrected chi connectivity index (χ1v) is 7.39. The number of carbonyl (C=O) groups is 1. The van der Waals surface area contributed by atoms with Gasteiger partial charge in [-0.05, 0) is 17.7 Å². The molecule has 2 rings (SSSR count). The highest BCUT2D eigenvalue weighted by molar-refractivity contribution is 7.98. The molecule has 1 aromatic carbocycles. The number of thioether (sulfide) groups is 1. The van der Waals surface area contributed by atoms with Gasteiger partial charge in [0.2, 0.25) is 5.01 Å². The zero-order chi connectivity index (χ0) is 13.7. The molecule has 0 aliphatic heterocycles. The van der Waals surface area contributed by atoms with Crippen LogP contribution in [0.3, 0.4) is 0 Å². The Labute approximate surface area is 119 Å². The van der Waals surface area contributed by atoms with E-state index in [0.717, 1.165) is 16.5 Å². The summed E-state index contributed by atoms with van der Waals surface area (Å²) in [6.45, 7) is 0. The molecule has 0 saturated carbocycles. The third-order valence-corrected chi connectivity index (χ3v) is 4.34. The van der Waals surface area contributed by atoms with Crippen molar-refractivity contribution >= 4 is 29.1 Å². The molecule has 0 unspecified atom stereocenters. The Kier molecular flexibility index (Phi) is 4.81. The number of rotatable bonds is 5. The molecule has 0 saturated heterocycles. The molecule has 4 nitrogen and oxygen atoms in total. The normalized spacial score (nSPS) is 10.2. The lowest BCUT2D eigenvalue weighted by atomic mass is 10.2. The summed E-state index contributed by atoms with van der Waals surface area (Å²) < 4.78 is 9.73. The van der Waals surface area contributed by atoms with E-state index in [9.17, 15) is 4.79 Å². The minimum absolute atomic E-state index is 0.388. The van der Waals surface area contributed by atoms with E-state index in [0.29, 0.717) is 5.01 Å². The Hall–Kier alpha value is -1.53. The minimum Gasteiger partial charge on any atom is -0.497 e. The third kappa shape index (κ3) is 3.71. The van der Waals surface area contributed by atoms with E-state index < -0.39 is 0 Å². The first-order chi connectivity index (χ1) is 9.22. The van der Waals surface area contributed by atoms with Crippen LogP contribution in [0.25, 0.3) is 0 Å². The number of hydrogen-bond acceptors (Lipinski definition) is 6. The predicted molar refractivity (Wildman–Crippen MR) is 76.0 cm³/mol. The fraction of sp³-hybridized carbons (Fsp3) is 0.231. The second-order valence-electron chi connectivity index (χ2n) is 3.62. The van der Waals surface area contributed by atoms with Crippen LogP contribution in [0.4, 0.5) is 0 Å². The van der Waals surface area contributed by atoms with Gasteiger partial charge in [0.1, 0.15) is 10.8 Å². The summed E-state index contributed by atoms with van der Waals surface area (Å²) in [6, 6.07) is 7.88. The van der Waals surface area contributed by atoms with E-state index in [1.54, 1.807) is 18.9 Å². The van der Waals surface area contributed by atoms with E-state index in [4.69, 9.17) is 4.74 Å². The number of ether oxygens (including phenoxy) is 2. The highest BCUT2D eigenvalue weighted by Crippen LogP contribution is 2.25. The quantitative estimate of drug-likeness (QED) is 0.626. The molecule has 0 radical (unpaired) electrons. The van der Waals surface area contributed by atoms with Gasteiger partial charge in [-0.1, -0.05) is 12.1 Å². The van der Waals surface area contributed by atoms with Crippen molar-refractivity contribution in [1.29, 1.82) is 0 Å². The number of aromatic nitrogens is 1. The van der Waals surface area contributed by atoms with Gasteiger partial charge in [0, 0.05) is 11.1 Å². The predicted octanol–water partition coefficient (Wildman–Crippen LogP) is 3.23. The fourth-order valence-corrected chi connectivity index (χ4v) is 3.12. The average Bonchev–Trinajstić information content (AvgIpc) is 2.93. The topological polar surface area (TPSA) is 48.4 Å². The number of hydrogen-bond donors (Lipinski definition) is 0. The standard InChI is InChI=1S/C13H13NO3S2/c1-16-10-5-3-9(4-6-10)7-18-11-8-19-12(14-11)13(15)17-2/h3-6,8H,7H2,1-2H3. The van der Waals surface area contributed by atoms with Gasteiger partial charge in [-0.2, -0.15) is 0 Å². The van der Waals surface area contributed by atoms with Crippen molar-refractivity contribution in [3.8, 4) is 5.75 Å². The summed E-state index contributed by atoms with van der Waals surface area (Å²) in [7, 11) is 3.00. The Morgan fingerprint density at radius 1 is 1.32 bits per heavy atom. The van der Waals surface area contributed by atoms with E-state index >= 15 is 0 Å². The van der Waals surface area contributed by atoms with Crippen LogP contribution in [-0.2, 0) is 10.5 Å². The molecule has 0 aliphatic rings. The molecule has 0 atom stereocenters. The summed E-state index contributed by atoms with van der Waals surface area (Å²) in [5, 5.41) is 3.08. The number of esters is 1. The van der Waals surface area contributed by atoms with Crippen molar-refractivity contribution in [2.75, 3.05) is 14.2 Å². The van der Waals surface area contributed by atoms with Gasteiger partial charge in [0.25, 0.3) is 0 Å². The summed E-state index contributed by atoms with van der Waals surface area (Å²) in [4.78, 5) is 15.5. The lowest BCUT2D eigenvalue weighted by molar-refractivity contribution is 0.0599. The zero-order valence-corrected chi connectivity index (χ0v) is 12.2. The van der Waals surface area contributed by atoms with Crippen LogP contribution in [-0.4, -0.2) is 25.2 Å². The molecule has 1 heterocycles. The smallest absolute Gasteiger partial charge is 0.367 e. The molecule has 2 aromatic rings. The lowest BCUT2D eigenvalue weighted by Crippen LogP contribution is -1.99. The molecule has 0 N–H and O–H groups in total. The molecule has 100 valence electrons. The molecule has 0 spiro atoms.